The average Bonchev–Trinajstić information content (AvgIpc) is 1.91. The highest BCUT2D eigenvalue weighted by atomic mass is 79.9. The standard InChI is InChI=1S/C7H6BBrF3/c9-7-3-1-6(2-4-7)5-8(10,11)12/h1-4H,5H2/q-1. The normalized spacial score (nSPS) is 11.7. The highest BCUT2D eigenvalue weighted by Crippen LogP contribution is 2.18. The number of hydrogen-bond acceptors (Lipinski definition) is 0. The molecule has 1 aromatic rings. The molecule has 0 aliphatic rings. The molecule has 0 radical (unpaired) electrons. The maximum absolute atomic E-state index is 11.9. The predicted molar refractivity (Wildman–Crippen MR) is 46.9 cm³/mol. The molecule has 0 aliphatic carbocycles. The summed E-state index contributed by atoms with van der Waals surface area (Å²) in [7, 11) is 0. The summed E-state index contributed by atoms with van der Waals surface area (Å²) in [5.74, 6) is 0. The first-order chi connectivity index (χ1) is 5.47. The highest BCUT2D eigenvalue weighted by Gasteiger charge is 2.22. The Morgan fingerprint density at radius 2 is 1.58 bits per heavy atom. The molecule has 12 heavy (non-hydrogen) atoms. The Labute approximate surface area is 77.0 Å². The lowest BCUT2D eigenvalue weighted by atomic mass is 9.82. The van der Waals surface area contributed by atoms with Gasteiger partial charge in [-0.15, -0.1) is 0 Å². The maximum atomic E-state index is 11.9. The van der Waals surface area contributed by atoms with Crippen LogP contribution in [0.15, 0.2) is 28.7 Å². The fourth-order valence-electron chi connectivity index (χ4n) is 0.888. The Balaban J connectivity index is 2.71. The lowest BCUT2D eigenvalue weighted by Gasteiger charge is -2.12. The van der Waals surface area contributed by atoms with Crippen molar-refractivity contribution in [1.82, 2.24) is 0 Å². The van der Waals surface area contributed by atoms with Gasteiger partial charge in [0.05, 0.1) is 0 Å². The fraction of sp³-hybridized carbons (Fsp3) is 0.143. The van der Waals surface area contributed by atoms with E-state index in [-0.39, 0.29) is 0 Å². The summed E-state index contributed by atoms with van der Waals surface area (Å²) in [6.45, 7) is -4.71. The van der Waals surface area contributed by atoms with Gasteiger partial charge in [0.2, 0.25) is 0 Å². The Kier molecular flexibility index (Phi) is 2.83. The summed E-state index contributed by atoms with van der Waals surface area (Å²) in [6.07, 6.45) is -0.798. The van der Waals surface area contributed by atoms with Crippen LogP contribution in [0.25, 0.3) is 0 Å². The molecule has 0 amide bonds. The molecule has 0 bridgehead atoms. The van der Waals surface area contributed by atoms with E-state index < -0.39 is 13.3 Å². The summed E-state index contributed by atoms with van der Waals surface area (Å²) >= 11 is 3.15. The van der Waals surface area contributed by atoms with Crippen molar-refractivity contribution in [2.75, 3.05) is 0 Å². The lowest BCUT2D eigenvalue weighted by molar-refractivity contribution is 0.468. The largest absolute Gasteiger partial charge is 0.482 e. The van der Waals surface area contributed by atoms with E-state index in [4.69, 9.17) is 0 Å². The minimum absolute atomic E-state index is 0.311. The van der Waals surface area contributed by atoms with Crippen molar-refractivity contribution in [3.8, 4) is 0 Å². The Bertz CT molecular complexity index is 254. The second-order valence-corrected chi connectivity index (χ2v) is 3.46. The van der Waals surface area contributed by atoms with Crippen LogP contribution < -0.4 is 0 Å². The summed E-state index contributed by atoms with van der Waals surface area (Å²) < 4.78 is 36.5. The molecular formula is C7H6BBrF3-. The van der Waals surface area contributed by atoms with Gasteiger partial charge in [-0.2, -0.15) is 0 Å². The Morgan fingerprint density at radius 1 is 1.08 bits per heavy atom. The van der Waals surface area contributed by atoms with Crippen molar-refractivity contribution < 1.29 is 12.9 Å². The van der Waals surface area contributed by atoms with Crippen LogP contribution in [0.3, 0.4) is 0 Å². The van der Waals surface area contributed by atoms with Gasteiger partial charge >= 0.3 is 6.98 Å². The average molecular weight is 238 g/mol. The highest BCUT2D eigenvalue weighted by molar-refractivity contribution is 9.10. The van der Waals surface area contributed by atoms with Crippen molar-refractivity contribution in [1.29, 1.82) is 0 Å². The number of hydrogen-bond donors (Lipinski definition) is 0. The first-order valence-corrected chi connectivity index (χ1v) is 4.22. The summed E-state index contributed by atoms with van der Waals surface area (Å²) in [5.41, 5.74) is 0.311. The molecule has 0 saturated heterocycles. The molecule has 0 saturated carbocycles. The van der Waals surface area contributed by atoms with Gasteiger partial charge in [-0.1, -0.05) is 39.9 Å². The van der Waals surface area contributed by atoms with E-state index in [0.717, 1.165) is 4.47 Å². The van der Waals surface area contributed by atoms with E-state index in [1.165, 1.54) is 12.1 Å². The van der Waals surface area contributed by atoms with Crippen LogP contribution in [0, 0.1) is 0 Å². The van der Waals surface area contributed by atoms with Crippen LogP contribution in [-0.4, -0.2) is 6.98 Å². The van der Waals surface area contributed by atoms with Gasteiger partial charge in [-0.3, -0.25) is 0 Å². The van der Waals surface area contributed by atoms with Crippen LogP contribution in [0.1, 0.15) is 5.56 Å². The van der Waals surface area contributed by atoms with Gasteiger partial charge < -0.3 is 12.9 Å². The minimum Gasteiger partial charge on any atom is -0.449 e. The number of benzene rings is 1. The Hall–Kier alpha value is -0.445. The topological polar surface area (TPSA) is 0 Å². The molecule has 0 fully saturated rings. The van der Waals surface area contributed by atoms with E-state index >= 15 is 0 Å². The molecule has 0 spiro atoms. The van der Waals surface area contributed by atoms with Gasteiger partial charge in [-0.25, -0.2) is 0 Å². The van der Waals surface area contributed by atoms with Gasteiger partial charge in [0, 0.05) is 4.47 Å². The number of halogens is 4. The molecule has 0 heterocycles. The third-order valence-corrected chi connectivity index (χ3v) is 1.91. The third kappa shape index (κ3) is 3.30. The smallest absolute Gasteiger partial charge is 0.449 e. The SMILES string of the molecule is F[B-](F)(F)Cc1ccc(Br)cc1. The molecule has 5 heteroatoms. The first kappa shape index (κ1) is 9.64. The van der Waals surface area contributed by atoms with Crippen molar-refractivity contribution in [3.63, 3.8) is 0 Å². The van der Waals surface area contributed by atoms with E-state index in [2.05, 4.69) is 15.9 Å². The van der Waals surface area contributed by atoms with Crippen LogP contribution in [0.4, 0.5) is 12.9 Å². The summed E-state index contributed by atoms with van der Waals surface area (Å²) in [6, 6.07) is 6.16. The van der Waals surface area contributed by atoms with E-state index in [0.29, 0.717) is 5.56 Å². The molecule has 0 aromatic heterocycles. The monoisotopic (exact) mass is 237 g/mol. The summed E-state index contributed by atoms with van der Waals surface area (Å²) in [5, 5.41) is 0. The Morgan fingerprint density at radius 3 is 2.00 bits per heavy atom. The zero-order valence-electron chi connectivity index (χ0n) is 6.11. The van der Waals surface area contributed by atoms with Crippen molar-refractivity contribution in [2.24, 2.45) is 0 Å². The fourth-order valence-corrected chi connectivity index (χ4v) is 1.15. The molecule has 66 valence electrons. The molecule has 0 nitrogen and oxygen atoms in total. The van der Waals surface area contributed by atoms with Gasteiger partial charge in [0.1, 0.15) is 0 Å². The van der Waals surface area contributed by atoms with Crippen LogP contribution in [-0.2, 0) is 6.32 Å². The maximum Gasteiger partial charge on any atom is 0.482 e. The minimum atomic E-state index is -4.71. The molecule has 1 aromatic carbocycles. The van der Waals surface area contributed by atoms with E-state index in [1.807, 2.05) is 0 Å². The molecule has 0 N–H and O–H groups in total. The number of rotatable bonds is 2. The zero-order chi connectivity index (χ0) is 9.19. The van der Waals surface area contributed by atoms with Crippen LogP contribution in [0.5, 0.6) is 0 Å². The van der Waals surface area contributed by atoms with Crippen LogP contribution in [0.2, 0.25) is 0 Å². The zero-order valence-corrected chi connectivity index (χ0v) is 7.69. The second kappa shape index (κ2) is 3.52. The third-order valence-electron chi connectivity index (χ3n) is 1.38. The van der Waals surface area contributed by atoms with Gasteiger partial charge in [0.15, 0.2) is 0 Å². The van der Waals surface area contributed by atoms with E-state index in [1.54, 1.807) is 12.1 Å². The quantitative estimate of drug-likeness (QED) is 0.692. The lowest BCUT2D eigenvalue weighted by Crippen LogP contribution is -2.19. The predicted octanol–water partition coefficient (Wildman–Crippen LogP) is 3.38. The molecule has 0 unspecified atom stereocenters. The van der Waals surface area contributed by atoms with Crippen molar-refractivity contribution in [2.45, 2.75) is 6.32 Å². The van der Waals surface area contributed by atoms with Gasteiger partial charge in [-0.05, 0) is 12.1 Å². The summed E-state index contributed by atoms with van der Waals surface area (Å²) in [4.78, 5) is 0. The van der Waals surface area contributed by atoms with E-state index in [9.17, 15) is 12.9 Å². The first-order valence-electron chi connectivity index (χ1n) is 3.43. The molecule has 0 atom stereocenters. The molecule has 0 aliphatic heterocycles. The van der Waals surface area contributed by atoms with Crippen molar-refractivity contribution >= 4 is 22.9 Å². The second-order valence-electron chi connectivity index (χ2n) is 2.54. The molecule has 1 rings (SSSR count). The van der Waals surface area contributed by atoms with Gasteiger partial charge in [0.25, 0.3) is 0 Å². The molecular weight excluding hydrogens is 232 g/mol. The van der Waals surface area contributed by atoms with Crippen molar-refractivity contribution in [3.05, 3.63) is 34.3 Å². The van der Waals surface area contributed by atoms with Crippen LogP contribution >= 0.6 is 15.9 Å².